The molecule has 18 heavy (non-hydrogen) atoms. The van der Waals surface area contributed by atoms with Crippen LogP contribution in [0.25, 0.3) is 0 Å². The minimum absolute atomic E-state index is 0.0773. The minimum Gasteiger partial charge on any atom is -0.490 e. The van der Waals surface area contributed by atoms with Crippen molar-refractivity contribution in [2.75, 3.05) is 13.1 Å². The first-order chi connectivity index (χ1) is 8.53. The number of carbonyl (C=O) groups excluding carboxylic acids is 1. The highest BCUT2D eigenvalue weighted by atomic mass is 16.5. The van der Waals surface area contributed by atoms with Gasteiger partial charge in [-0.25, -0.2) is 0 Å². The Kier molecular flexibility index (Phi) is 3.71. The van der Waals surface area contributed by atoms with Gasteiger partial charge in [0.1, 0.15) is 5.75 Å². The molecular weight excluding hydrogens is 226 g/mol. The smallest absolute Gasteiger partial charge is 0.173 e. The maximum Gasteiger partial charge on any atom is 0.173 e. The van der Waals surface area contributed by atoms with Crippen LogP contribution in [-0.2, 0) is 0 Å². The molecule has 1 unspecified atom stereocenters. The van der Waals surface area contributed by atoms with Gasteiger partial charge in [0.25, 0.3) is 0 Å². The fraction of sp³-hybridized carbons (Fsp3) is 0.533. The lowest BCUT2D eigenvalue weighted by Crippen LogP contribution is -2.30. The zero-order valence-electron chi connectivity index (χ0n) is 11.3. The fourth-order valence-electron chi connectivity index (χ4n) is 2.35. The normalized spacial score (nSPS) is 23.3. The highest BCUT2D eigenvalue weighted by molar-refractivity contribution is 6.02. The summed E-state index contributed by atoms with van der Waals surface area (Å²) in [6, 6.07) is 7.54. The molecule has 3 nitrogen and oxygen atoms in total. The molecule has 1 N–H and O–H groups in total. The molecule has 0 bridgehead atoms. The largest absolute Gasteiger partial charge is 0.490 e. The van der Waals surface area contributed by atoms with E-state index in [2.05, 4.69) is 5.32 Å². The molecule has 1 fully saturated rings. The Balaban J connectivity index is 2.29. The molecule has 1 heterocycles. The maximum absolute atomic E-state index is 12.7. The van der Waals surface area contributed by atoms with Gasteiger partial charge in [0.2, 0.25) is 0 Å². The SMILES string of the molecule is CC(C)Oc1ccccc1C(=O)C1(C)CCNC1. The zero-order chi connectivity index (χ0) is 13.2. The second kappa shape index (κ2) is 5.11. The molecule has 2 rings (SSSR count). The summed E-state index contributed by atoms with van der Waals surface area (Å²) < 4.78 is 5.73. The Hall–Kier alpha value is -1.35. The van der Waals surface area contributed by atoms with Crippen LogP contribution in [0.2, 0.25) is 0 Å². The summed E-state index contributed by atoms with van der Waals surface area (Å²) in [5.41, 5.74) is 0.411. The van der Waals surface area contributed by atoms with Gasteiger partial charge in [-0.2, -0.15) is 0 Å². The van der Waals surface area contributed by atoms with Crippen molar-refractivity contribution >= 4 is 5.78 Å². The zero-order valence-corrected chi connectivity index (χ0v) is 11.3. The molecule has 3 heteroatoms. The first-order valence-corrected chi connectivity index (χ1v) is 6.54. The van der Waals surface area contributed by atoms with Crippen LogP contribution in [-0.4, -0.2) is 25.0 Å². The molecule has 0 amide bonds. The van der Waals surface area contributed by atoms with Crippen LogP contribution in [0.4, 0.5) is 0 Å². The number of hydrogen-bond acceptors (Lipinski definition) is 3. The predicted octanol–water partition coefficient (Wildman–Crippen LogP) is 2.66. The summed E-state index contributed by atoms with van der Waals surface area (Å²) in [4.78, 5) is 12.7. The molecule has 1 atom stereocenters. The molecule has 1 aromatic rings. The standard InChI is InChI=1S/C15H21NO2/c1-11(2)18-13-7-5-4-6-12(13)14(17)15(3)8-9-16-10-15/h4-7,11,16H,8-10H2,1-3H3. The summed E-state index contributed by atoms with van der Waals surface area (Å²) in [6.07, 6.45) is 0.968. The summed E-state index contributed by atoms with van der Waals surface area (Å²) in [5, 5.41) is 3.26. The summed E-state index contributed by atoms with van der Waals surface area (Å²) in [6.45, 7) is 7.64. The van der Waals surface area contributed by atoms with Crippen molar-refractivity contribution < 1.29 is 9.53 Å². The lowest BCUT2D eigenvalue weighted by molar-refractivity contribution is 0.0833. The maximum atomic E-state index is 12.7. The second-order valence-corrected chi connectivity index (χ2v) is 5.48. The van der Waals surface area contributed by atoms with Gasteiger partial charge >= 0.3 is 0 Å². The number of ketones is 1. The molecule has 0 aromatic heterocycles. The van der Waals surface area contributed by atoms with Crippen LogP contribution >= 0.6 is 0 Å². The highest BCUT2D eigenvalue weighted by Crippen LogP contribution is 2.33. The number of benzene rings is 1. The van der Waals surface area contributed by atoms with Crippen molar-refractivity contribution in [1.82, 2.24) is 5.32 Å². The predicted molar refractivity (Wildman–Crippen MR) is 72.1 cm³/mol. The van der Waals surface area contributed by atoms with Crippen LogP contribution in [0.5, 0.6) is 5.75 Å². The van der Waals surface area contributed by atoms with Gasteiger partial charge in [0, 0.05) is 12.0 Å². The third-order valence-electron chi connectivity index (χ3n) is 3.41. The van der Waals surface area contributed by atoms with Crippen molar-refractivity contribution in [3.05, 3.63) is 29.8 Å². The average Bonchev–Trinajstić information content (AvgIpc) is 2.76. The minimum atomic E-state index is -0.295. The van der Waals surface area contributed by atoms with Crippen molar-refractivity contribution in [3.8, 4) is 5.75 Å². The van der Waals surface area contributed by atoms with Crippen molar-refractivity contribution in [2.24, 2.45) is 5.41 Å². The van der Waals surface area contributed by atoms with E-state index in [0.717, 1.165) is 19.5 Å². The number of Topliss-reactive ketones (excluding diaryl/α,β-unsaturated/α-hetero) is 1. The third kappa shape index (κ3) is 2.56. The van der Waals surface area contributed by atoms with Crippen LogP contribution < -0.4 is 10.1 Å². The molecule has 1 saturated heterocycles. The Morgan fingerprint density at radius 3 is 2.72 bits per heavy atom. The number of hydrogen-bond donors (Lipinski definition) is 1. The summed E-state index contributed by atoms with van der Waals surface area (Å²) >= 11 is 0. The van der Waals surface area contributed by atoms with E-state index in [1.54, 1.807) is 0 Å². The Morgan fingerprint density at radius 1 is 1.39 bits per heavy atom. The summed E-state index contributed by atoms with van der Waals surface area (Å²) in [5.74, 6) is 0.884. The second-order valence-electron chi connectivity index (χ2n) is 5.48. The molecule has 1 aromatic carbocycles. The van der Waals surface area contributed by atoms with Crippen LogP contribution in [0.1, 0.15) is 37.6 Å². The van der Waals surface area contributed by atoms with E-state index in [9.17, 15) is 4.79 Å². The van der Waals surface area contributed by atoms with E-state index in [1.165, 1.54) is 0 Å². The summed E-state index contributed by atoms with van der Waals surface area (Å²) in [7, 11) is 0. The van der Waals surface area contributed by atoms with Gasteiger partial charge in [-0.3, -0.25) is 4.79 Å². The topological polar surface area (TPSA) is 38.3 Å². The molecule has 0 radical (unpaired) electrons. The van der Waals surface area contributed by atoms with Gasteiger partial charge in [-0.05, 0) is 38.9 Å². The Labute approximate surface area is 109 Å². The molecule has 0 spiro atoms. The highest BCUT2D eigenvalue weighted by Gasteiger charge is 2.37. The number of ether oxygens (including phenoxy) is 1. The lowest BCUT2D eigenvalue weighted by Gasteiger charge is -2.23. The van der Waals surface area contributed by atoms with Crippen LogP contribution in [0.15, 0.2) is 24.3 Å². The number of nitrogens with one attached hydrogen (secondary N) is 1. The van der Waals surface area contributed by atoms with Crippen molar-refractivity contribution in [2.45, 2.75) is 33.3 Å². The molecule has 0 saturated carbocycles. The van der Waals surface area contributed by atoms with Gasteiger partial charge in [-0.15, -0.1) is 0 Å². The lowest BCUT2D eigenvalue weighted by atomic mass is 9.81. The third-order valence-corrected chi connectivity index (χ3v) is 3.41. The van der Waals surface area contributed by atoms with Gasteiger partial charge in [0.15, 0.2) is 5.78 Å². The van der Waals surface area contributed by atoms with E-state index in [4.69, 9.17) is 4.74 Å². The van der Waals surface area contributed by atoms with Gasteiger partial charge < -0.3 is 10.1 Å². The van der Waals surface area contributed by atoms with E-state index in [0.29, 0.717) is 11.3 Å². The molecule has 0 aliphatic carbocycles. The molecular formula is C15H21NO2. The quantitative estimate of drug-likeness (QED) is 0.831. The average molecular weight is 247 g/mol. The van der Waals surface area contributed by atoms with Crippen LogP contribution in [0.3, 0.4) is 0 Å². The van der Waals surface area contributed by atoms with E-state index >= 15 is 0 Å². The molecule has 1 aliphatic rings. The van der Waals surface area contributed by atoms with E-state index in [1.807, 2.05) is 45.0 Å². The van der Waals surface area contributed by atoms with Crippen LogP contribution in [0, 0.1) is 5.41 Å². The number of rotatable bonds is 4. The number of para-hydroxylation sites is 1. The van der Waals surface area contributed by atoms with Crippen molar-refractivity contribution in [3.63, 3.8) is 0 Å². The Morgan fingerprint density at radius 2 is 2.11 bits per heavy atom. The van der Waals surface area contributed by atoms with E-state index in [-0.39, 0.29) is 17.3 Å². The monoisotopic (exact) mass is 247 g/mol. The first-order valence-electron chi connectivity index (χ1n) is 6.54. The fourth-order valence-corrected chi connectivity index (χ4v) is 2.35. The molecule has 1 aliphatic heterocycles. The first kappa shape index (κ1) is 13.1. The van der Waals surface area contributed by atoms with Gasteiger partial charge in [0.05, 0.1) is 11.7 Å². The van der Waals surface area contributed by atoms with Crippen molar-refractivity contribution in [1.29, 1.82) is 0 Å². The van der Waals surface area contributed by atoms with Gasteiger partial charge in [-0.1, -0.05) is 19.1 Å². The molecule has 98 valence electrons. The number of carbonyl (C=O) groups is 1. The van der Waals surface area contributed by atoms with E-state index < -0.39 is 0 Å². The Bertz CT molecular complexity index is 434.